The number of aliphatic hydroxyl groups excluding tert-OH is 1. The molecule has 0 atom stereocenters. The average molecular weight is 268 g/mol. The highest BCUT2D eigenvalue weighted by Crippen LogP contribution is 2.23. The third-order valence-electron chi connectivity index (χ3n) is 1.77. The van der Waals surface area contributed by atoms with Gasteiger partial charge in [-0.05, 0) is 24.6 Å². The molecule has 0 spiro atoms. The number of anilines is 1. The Morgan fingerprint density at radius 1 is 1.44 bits per heavy atom. The number of hydrogen-bond acceptors (Lipinski definition) is 3. The summed E-state index contributed by atoms with van der Waals surface area (Å²) in [4.78, 5) is 0. The van der Waals surface area contributed by atoms with E-state index in [4.69, 9.17) is 16.7 Å². The van der Waals surface area contributed by atoms with Gasteiger partial charge in [0.25, 0.3) is 0 Å². The summed E-state index contributed by atoms with van der Waals surface area (Å²) >= 11 is 5.69. The Balaban J connectivity index is 2.83. The van der Waals surface area contributed by atoms with Gasteiger partial charge in [-0.1, -0.05) is 11.6 Å². The van der Waals surface area contributed by atoms with E-state index >= 15 is 0 Å². The number of aliphatic hydroxyl groups is 1. The molecule has 0 saturated carbocycles. The minimum absolute atomic E-state index is 0.000364. The molecule has 16 heavy (non-hydrogen) atoms. The van der Waals surface area contributed by atoms with Crippen molar-refractivity contribution in [2.75, 3.05) is 17.1 Å². The van der Waals surface area contributed by atoms with Crippen LogP contribution in [0, 0.1) is 5.82 Å². The van der Waals surface area contributed by atoms with Crippen LogP contribution in [0.1, 0.15) is 6.42 Å². The molecule has 0 bridgehead atoms. The molecule has 7 heteroatoms. The van der Waals surface area contributed by atoms with Gasteiger partial charge < -0.3 is 5.11 Å². The van der Waals surface area contributed by atoms with Gasteiger partial charge in [0.2, 0.25) is 10.0 Å². The van der Waals surface area contributed by atoms with E-state index in [1.807, 2.05) is 0 Å². The monoisotopic (exact) mass is 267 g/mol. The molecule has 1 aromatic rings. The van der Waals surface area contributed by atoms with Gasteiger partial charge in [0.15, 0.2) is 0 Å². The van der Waals surface area contributed by atoms with Gasteiger partial charge in [-0.3, -0.25) is 4.72 Å². The van der Waals surface area contributed by atoms with Crippen LogP contribution < -0.4 is 4.72 Å². The fraction of sp³-hybridized carbons (Fsp3) is 0.333. The van der Waals surface area contributed by atoms with Crippen LogP contribution in [-0.4, -0.2) is 25.9 Å². The summed E-state index contributed by atoms with van der Waals surface area (Å²) in [7, 11) is -3.60. The van der Waals surface area contributed by atoms with Crippen molar-refractivity contribution >= 4 is 27.3 Å². The molecule has 0 aromatic heterocycles. The first-order valence-corrected chi connectivity index (χ1v) is 6.54. The van der Waals surface area contributed by atoms with E-state index in [1.54, 1.807) is 0 Å². The molecule has 1 aromatic carbocycles. The summed E-state index contributed by atoms with van der Waals surface area (Å²) < 4.78 is 37.8. The van der Waals surface area contributed by atoms with Crippen LogP contribution in [-0.2, 0) is 10.0 Å². The molecule has 1 rings (SSSR count). The normalized spacial score (nSPS) is 11.4. The SMILES string of the molecule is O=S(=O)(CCCO)Nc1cc(F)ccc1Cl. The zero-order chi connectivity index (χ0) is 12.2. The van der Waals surface area contributed by atoms with Gasteiger partial charge >= 0.3 is 0 Å². The number of nitrogens with one attached hydrogen (secondary N) is 1. The summed E-state index contributed by atoms with van der Waals surface area (Å²) in [6.45, 7) is -0.224. The van der Waals surface area contributed by atoms with Crippen molar-refractivity contribution in [2.24, 2.45) is 0 Å². The molecule has 0 radical (unpaired) electrons. The quantitative estimate of drug-likeness (QED) is 0.852. The first-order chi connectivity index (χ1) is 7.44. The molecule has 0 fully saturated rings. The molecule has 0 amide bonds. The zero-order valence-corrected chi connectivity index (χ0v) is 9.85. The van der Waals surface area contributed by atoms with Crippen molar-refractivity contribution in [2.45, 2.75) is 6.42 Å². The molecule has 0 unspecified atom stereocenters. The average Bonchev–Trinajstić information content (AvgIpc) is 2.20. The molecule has 0 aliphatic carbocycles. The van der Waals surface area contributed by atoms with Gasteiger partial charge in [0.1, 0.15) is 5.82 Å². The van der Waals surface area contributed by atoms with Crippen molar-refractivity contribution in [3.63, 3.8) is 0 Å². The lowest BCUT2D eigenvalue weighted by Gasteiger charge is -2.08. The Bertz CT molecular complexity index is 464. The van der Waals surface area contributed by atoms with E-state index in [0.29, 0.717) is 0 Å². The van der Waals surface area contributed by atoms with E-state index in [-0.39, 0.29) is 29.5 Å². The molecule has 0 saturated heterocycles. The maximum atomic E-state index is 12.8. The molecule has 0 aliphatic rings. The Hall–Kier alpha value is -0.850. The molecule has 4 nitrogen and oxygen atoms in total. The fourth-order valence-corrected chi connectivity index (χ4v) is 2.38. The number of rotatable bonds is 5. The van der Waals surface area contributed by atoms with E-state index in [0.717, 1.165) is 12.1 Å². The first kappa shape index (κ1) is 13.2. The Kier molecular flexibility index (Phi) is 4.52. The third-order valence-corrected chi connectivity index (χ3v) is 3.45. The predicted molar refractivity (Wildman–Crippen MR) is 60.5 cm³/mol. The summed E-state index contributed by atoms with van der Waals surface area (Å²) in [5.41, 5.74) is -0.000364. The van der Waals surface area contributed by atoms with Gasteiger partial charge in [-0.2, -0.15) is 0 Å². The Morgan fingerprint density at radius 2 is 2.12 bits per heavy atom. The topological polar surface area (TPSA) is 66.4 Å². The van der Waals surface area contributed by atoms with Crippen LogP contribution in [0.25, 0.3) is 0 Å². The van der Waals surface area contributed by atoms with Crippen LogP contribution in [0.4, 0.5) is 10.1 Å². The smallest absolute Gasteiger partial charge is 0.232 e. The van der Waals surface area contributed by atoms with E-state index in [9.17, 15) is 12.8 Å². The van der Waals surface area contributed by atoms with E-state index in [1.165, 1.54) is 6.07 Å². The van der Waals surface area contributed by atoms with Crippen molar-refractivity contribution < 1.29 is 17.9 Å². The van der Waals surface area contributed by atoms with Crippen LogP contribution in [0.5, 0.6) is 0 Å². The minimum atomic E-state index is -3.60. The lowest BCUT2D eigenvalue weighted by molar-refractivity contribution is 0.295. The van der Waals surface area contributed by atoms with E-state index < -0.39 is 15.8 Å². The highest BCUT2D eigenvalue weighted by atomic mass is 35.5. The molecule has 90 valence electrons. The molecule has 0 aliphatic heterocycles. The second-order valence-electron chi connectivity index (χ2n) is 3.12. The maximum Gasteiger partial charge on any atom is 0.232 e. The summed E-state index contributed by atoms with van der Waals surface area (Å²) in [6, 6.07) is 3.40. The minimum Gasteiger partial charge on any atom is -0.396 e. The summed E-state index contributed by atoms with van der Waals surface area (Å²) in [6.07, 6.45) is 0.113. The van der Waals surface area contributed by atoms with Gasteiger partial charge in [-0.15, -0.1) is 0 Å². The van der Waals surface area contributed by atoms with E-state index in [2.05, 4.69) is 4.72 Å². The number of sulfonamides is 1. The summed E-state index contributed by atoms with van der Waals surface area (Å²) in [5.74, 6) is -0.819. The van der Waals surface area contributed by atoms with Gasteiger partial charge in [-0.25, -0.2) is 12.8 Å². The molecular weight excluding hydrogens is 257 g/mol. The predicted octanol–water partition coefficient (Wildman–Crippen LogP) is 1.60. The highest BCUT2D eigenvalue weighted by molar-refractivity contribution is 7.92. The summed E-state index contributed by atoms with van der Waals surface area (Å²) in [5, 5.41) is 8.64. The second kappa shape index (κ2) is 5.47. The number of halogens is 2. The maximum absolute atomic E-state index is 12.8. The van der Waals surface area contributed by atoms with Crippen molar-refractivity contribution in [3.8, 4) is 0 Å². The van der Waals surface area contributed by atoms with Crippen LogP contribution in [0.2, 0.25) is 5.02 Å². The van der Waals surface area contributed by atoms with Crippen molar-refractivity contribution in [1.82, 2.24) is 0 Å². The molecular formula is C9H11ClFNO3S. The van der Waals surface area contributed by atoms with Gasteiger partial charge in [0, 0.05) is 6.61 Å². The van der Waals surface area contributed by atoms with Crippen molar-refractivity contribution in [1.29, 1.82) is 0 Å². The first-order valence-electron chi connectivity index (χ1n) is 4.51. The fourth-order valence-electron chi connectivity index (χ4n) is 1.05. The molecule has 2 N–H and O–H groups in total. The number of hydrogen-bond donors (Lipinski definition) is 2. The number of benzene rings is 1. The highest BCUT2D eigenvalue weighted by Gasteiger charge is 2.12. The van der Waals surface area contributed by atoms with Crippen LogP contribution in [0.3, 0.4) is 0 Å². The van der Waals surface area contributed by atoms with Crippen LogP contribution >= 0.6 is 11.6 Å². The second-order valence-corrected chi connectivity index (χ2v) is 5.37. The third kappa shape index (κ3) is 3.96. The Morgan fingerprint density at radius 3 is 2.75 bits per heavy atom. The lowest BCUT2D eigenvalue weighted by Crippen LogP contribution is -2.17. The Labute approximate surface area is 98.1 Å². The standard InChI is InChI=1S/C9H11ClFNO3S/c10-8-3-2-7(11)6-9(8)12-16(14,15)5-1-4-13/h2-3,6,12-13H,1,4-5H2. The lowest BCUT2D eigenvalue weighted by atomic mass is 10.3. The van der Waals surface area contributed by atoms with Crippen molar-refractivity contribution in [3.05, 3.63) is 29.0 Å². The van der Waals surface area contributed by atoms with Crippen LogP contribution in [0.15, 0.2) is 18.2 Å². The van der Waals surface area contributed by atoms with Gasteiger partial charge in [0.05, 0.1) is 16.5 Å². The largest absolute Gasteiger partial charge is 0.396 e. The molecule has 0 heterocycles. The zero-order valence-electron chi connectivity index (χ0n) is 8.28.